The third kappa shape index (κ3) is 48.0. The van der Waals surface area contributed by atoms with Crippen molar-refractivity contribution in [3.63, 3.8) is 0 Å². The zero-order valence-corrected chi connectivity index (χ0v) is 41.4. The molecular weight excluding hydrogens is 816 g/mol. The van der Waals surface area contributed by atoms with Crippen molar-refractivity contribution in [3.8, 4) is 0 Å². The number of hydrogen-bond acceptors (Lipinski definition) is 9. The fourth-order valence-corrected chi connectivity index (χ4v) is 8.09. The smallest absolute Gasteiger partial charge is 0.462 e. The van der Waals surface area contributed by atoms with Gasteiger partial charge in [-0.1, -0.05) is 217 Å². The number of aliphatic hydroxyl groups excluding tert-OH is 2. The van der Waals surface area contributed by atoms with Crippen LogP contribution in [-0.4, -0.2) is 65.7 Å². The number of allylic oxidation sites excluding steroid dienone is 6. The molecule has 0 amide bonds. The molecule has 0 aromatic carbocycles. The van der Waals surface area contributed by atoms with Gasteiger partial charge in [0.05, 0.1) is 19.8 Å². The minimum absolute atomic E-state index is 0.160. The number of carbonyl (C=O) groups excluding carboxylic acids is 2. The maximum absolute atomic E-state index is 12.7. The van der Waals surface area contributed by atoms with Gasteiger partial charge in [0.15, 0.2) is 6.10 Å². The van der Waals surface area contributed by atoms with E-state index in [4.69, 9.17) is 23.6 Å². The van der Waals surface area contributed by atoms with E-state index >= 15 is 0 Å². The number of aliphatic hydroxyl groups is 2. The molecule has 0 radical (unpaired) electrons. The number of ether oxygens (including phenoxy) is 2. The van der Waals surface area contributed by atoms with Crippen molar-refractivity contribution < 1.29 is 47.8 Å². The molecule has 0 aromatic rings. The lowest BCUT2D eigenvalue weighted by Gasteiger charge is -2.20. The Balaban J connectivity index is 4.15. The zero-order valence-electron chi connectivity index (χ0n) is 40.5. The highest BCUT2D eigenvalue weighted by molar-refractivity contribution is 7.47. The molecule has 63 heavy (non-hydrogen) atoms. The number of phosphoric ester groups is 1. The summed E-state index contributed by atoms with van der Waals surface area (Å²) < 4.78 is 32.8. The molecule has 0 rings (SSSR count). The number of rotatable bonds is 49. The van der Waals surface area contributed by atoms with Crippen LogP contribution < -0.4 is 0 Å². The molecule has 0 heterocycles. The van der Waals surface area contributed by atoms with Crippen LogP contribution in [0.15, 0.2) is 36.5 Å². The van der Waals surface area contributed by atoms with Gasteiger partial charge < -0.3 is 24.6 Å². The number of hydrogen-bond donors (Lipinski definition) is 3. The third-order valence-electron chi connectivity index (χ3n) is 11.3. The van der Waals surface area contributed by atoms with Crippen LogP contribution in [0.25, 0.3) is 0 Å². The normalized spacial score (nSPS) is 13.9. The standard InChI is InChI=1S/C52H97O10P/c1-3-5-7-9-11-13-15-17-19-21-22-23-24-25-26-28-29-31-33-35-37-39-41-43-51(55)59-47-50(48-61-63(57,58)60-46-49(54)45-53)62-52(56)44-42-40-38-36-34-32-30-27-20-18-16-14-12-10-8-6-4-2/h12,14,18,20,30,32,49-50,53-54H,3-11,13,15-17,19,21-29,31,33-48H2,1-2H3,(H,57,58)/b14-12+,20-18+,32-30+/t49-,50+/m1/s1. The predicted molar refractivity (Wildman–Crippen MR) is 261 cm³/mol. The Morgan fingerprint density at radius 3 is 1.27 bits per heavy atom. The monoisotopic (exact) mass is 913 g/mol. The fraction of sp³-hybridized carbons (Fsp3) is 0.846. The summed E-state index contributed by atoms with van der Waals surface area (Å²) in [5.74, 6) is -0.939. The molecule has 0 aliphatic rings. The first-order chi connectivity index (χ1) is 30.7. The minimum atomic E-state index is -4.63. The second kappa shape index (κ2) is 48.1. The van der Waals surface area contributed by atoms with Gasteiger partial charge in [0, 0.05) is 12.8 Å². The van der Waals surface area contributed by atoms with Crippen molar-refractivity contribution in [1.82, 2.24) is 0 Å². The van der Waals surface area contributed by atoms with E-state index in [2.05, 4.69) is 50.3 Å². The summed E-state index contributed by atoms with van der Waals surface area (Å²) in [5.41, 5.74) is 0. The van der Waals surface area contributed by atoms with E-state index in [9.17, 15) is 24.2 Å². The summed E-state index contributed by atoms with van der Waals surface area (Å²) in [6.07, 6.45) is 52.6. The molecular formula is C52H97O10P. The molecule has 0 aromatic heterocycles. The van der Waals surface area contributed by atoms with E-state index in [1.165, 1.54) is 148 Å². The SMILES string of the molecule is CCCCC/C=C/C/C=C/C/C=C/CCCCCCC(=O)O[C@@H](COC(=O)CCCCCCCCCCCCCCCCCCCCCCCCC)COP(=O)(O)OC[C@H](O)CO. The van der Waals surface area contributed by atoms with E-state index in [-0.39, 0.29) is 19.4 Å². The molecule has 370 valence electrons. The van der Waals surface area contributed by atoms with Gasteiger partial charge in [-0.05, 0) is 51.4 Å². The van der Waals surface area contributed by atoms with Crippen LogP contribution >= 0.6 is 7.82 Å². The van der Waals surface area contributed by atoms with E-state index in [1.54, 1.807) is 0 Å². The molecule has 0 bridgehead atoms. The van der Waals surface area contributed by atoms with Crippen LogP contribution in [0.2, 0.25) is 0 Å². The first kappa shape index (κ1) is 61.2. The van der Waals surface area contributed by atoms with Gasteiger partial charge in [-0.2, -0.15) is 0 Å². The molecule has 0 aliphatic heterocycles. The predicted octanol–water partition coefficient (Wildman–Crippen LogP) is 14.7. The Hall–Kier alpha value is -1.81. The lowest BCUT2D eigenvalue weighted by Crippen LogP contribution is -2.29. The Morgan fingerprint density at radius 1 is 0.476 bits per heavy atom. The Morgan fingerprint density at radius 2 is 0.825 bits per heavy atom. The van der Waals surface area contributed by atoms with E-state index in [0.29, 0.717) is 12.8 Å². The van der Waals surface area contributed by atoms with Crippen molar-refractivity contribution in [2.24, 2.45) is 0 Å². The van der Waals surface area contributed by atoms with Crippen molar-refractivity contribution >= 4 is 19.8 Å². The van der Waals surface area contributed by atoms with Gasteiger partial charge in [-0.15, -0.1) is 0 Å². The number of esters is 2. The molecule has 0 aliphatic carbocycles. The van der Waals surface area contributed by atoms with Gasteiger partial charge >= 0.3 is 19.8 Å². The highest BCUT2D eigenvalue weighted by atomic mass is 31.2. The maximum Gasteiger partial charge on any atom is 0.472 e. The average Bonchev–Trinajstić information content (AvgIpc) is 3.27. The molecule has 0 fully saturated rings. The van der Waals surface area contributed by atoms with Crippen LogP contribution in [0.1, 0.15) is 245 Å². The van der Waals surface area contributed by atoms with Crippen LogP contribution in [0.3, 0.4) is 0 Å². The van der Waals surface area contributed by atoms with Crippen LogP contribution in [-0.2, 0) is 32.7 Å². The van der Waals surface area contributed by atoms with Gasteiger partial charge in [0.1, 0.15) is 12.7 Å². The van der Waals surface area contributed by atoms with Crippen LogP contribution in [0.5, 0.6) is 0 Å². The van der Waals surface area contributed by atoms with Gasteiger partial charge in [0.25, 0.3) is 0 Å². The number of unbranched alkanes of at least 4 members (excludes halogenated alkanes) is 29. The Labute approximate surface area is 386 Å². The van der Waals surface area contributed by atoms with Crippen molar-refractivity contribution in [3.05, 3.63) is 36.5 Å². The zero-order chi connectivity index (χ0) is 46.2. The quantitative estimate of drug-likeness (QED) is 0.0233. The van der Waals surface area contributed by atoms with Gasteiger partial charge in [-0.25, -0.2) is 4.57 Å². The maximum atomic E-state index is 12.7. The summed E-state index contributed by atoms with van der Waals surface area (Å²) in [5, 5.41) is 18.4. The van der Waals surface area contributed by atoms with E-state index in [1.807, 2.05) is 0 Å². The van der Waals surface area contributed by atoms with Crippen LogP contribution in [0, 0.1) is 0 Å². The second-order valence-electron chi connectivity index (χ2n) is 17.6. The molecule has 11 heteroatoms. The largest absolute Gasteiger partial charge is 0.472 e. The Kier molecular flexibility index (Phi) is 46.7. The van der Waals surface area contributed by atoms with Crippen molar-refractivity contribution in [2.45, 2.75) is 257 Å². The molecule has 3 N–H and O–H groups in total. The number of phosphoric acid groups is 1. The van der Waals surface area contributed by atoms with Gasteiger partial charge in [0.2, 0.25) is 0 Å². The first-order valence-corrected chi connectivity index (χ1v) is 27.4. The highest BCUT2D eigenvalue weighted by Crippen LogP contribution is 2.43. The van der Waals surface area contributed by atoms with E-state index < -0.39 is 51.8 Å². The molecule has 3 atom stereocenters. The molecule has 0 saturated carbocycles. The third-order valence-corrected chi connectivity index (χ3v) is 12.2. The summed E-state index contributed by atoms with van der Waals surface area (Å²) >= 11 is 0. The summed E-state index contributed by atoms with van der Waals surface area (Å²) in [7, 11) is -4.63. The first-order valence-electron chi connectivity index (χ1n) is 25.9. The van der Waals surface area contributed by atoms with Gasteiger partial charge in [-0.3, -0.25) is 18.6 Å². The average molecular weight is 913 g/mol. The van der Waals surface area contributed by atoms with Crippen molar-refractivity contribution in [2.75, 3.05) is 26.4 Å². The minimum Gasteiger partial charge on any atom is -0.462 e. The summed E-state index contributed by atoms with van der Waals surface area (Å²) in [6, 6.07) is 0. The van der Waals surface area contributed by atoms with E-state index in [0.717, 1.165) is 57.8 Å². The number of carbonyl (C=O) groups is 2. The van der Waals surface area contributed by atoms with Crippen molar-refractivity contribution in [1.29, 1.82) is 0 Å². The van der Waals surface area contributed by atoms with Crippen LogP contribution in [0.4, 0.5) is 0 Å². The lowest BCUT2D eigenvalue weighted by molar-refractivity contribution is -0.161. The second-order valence-corrected chi connectivity index (χ2v) is 19.0. The fourth-order valence-electron chi connectivity index (χ4n) is 7.30. The topological polar surface area (TPSA) is 149 Å². The molecule has 0 saturated heterocycles. The summed E-state index contributed by atoms with van der Waals surface area (Å²) in [4.78, 5) is 35.2. The molecule has 10 nitrogen and oxygen atoms in total. The lowest BCUT2D eigenvalue weighted by atomic mass is 10.0. The summed E-state index contributed by atoms with van der Waals surface area (Å²) in [6.45, 7) is 2.37. The Bertz CT molecular complexity index is 1140. The molecule has 0 spiro atoms. The molecule has 1 unspecified atom stereocenters. The highest BCUT2D eigenvalue weighted by Gasteiger charge is 2.27.